The number of rotatable bonds is 6. The van der Waals surface area contributed by atoms with Gasteiger partial charge < -0.3 is 4.74 Å². The number of ketones is 1. The van der Waals surface area contributed by atoms with Crippen LogP contribution in [0.25, 0.3) is 0 Å². The molecule has 3 aromatic rings. The van der Waals surface area contributed by atoms with Crippen LogP contribution >= 0.6 is 23.2 Å². The van der Waals surface area contributed by atoms with Gasteiger partial charge in [-0.2, -0.15) is 5.10 Å². The summed E-state index contributed by atoms with van der Waals surface area (Å²) in [7, 11) is 0. The van der Waals surface area contributed by atoms with Gasteiger partial charge in [-0.15, -0.1) is 0 Å². The highest BCUT2D eigenvalue weighted by Gasteiger charge is 2.14. The second-order valence-corrected chi connectivity index (χ2v) is 6.37. The van der Waals surface area contributed by atoms with Crippen molar-refractivity contribution in [3.63, 3.8) is 0 Å². The Morgan fingerprint density at radius 3 is 2.50 bits per heavy atom. The molecule has 7 heteroatoms. The number of benzene rings is 2. The maximum Gasteiger partial charge on any atom is 0.338 e. The lowest BCUT2D eigenvalue weighted by Gasteiger charge is -2.07. The zero-order valence-electron chi connectivity index (χ0n) is 13.6. The van der Waals surface area contributed by atoms with Crippen LogP contribution in [-0.2, 0) is 11.3 Å². The highest BCUT2D eigenvalue weighted by Crippen LogP contribution is 2.21. The van der Waals surface area contributed by atoms with Gasteiger partial charge in [0.05, 0.1) is 17.1 Å². The van der Waals surface area contributed by atoms with Crippen molar-refractivity contribution in [2.75, 3.05) is 6.61 Å². The molecule has 0 saturated heterocycles. The molecular formula is C19H14Cl2N2O3. The van der Waals surface area contributed by atoms with Gasteiger partial charge in [-0.25, -0.2) is 4.79 Å². The maximum absolute atomic E-state index is 12.1. The van der Waals surface area contributed by atoms with Crippen molar-refractivity contribution in [3.05, 3.63) is 87.7 Å². The van der Waals surface area contributed by atoms with E-state index in [1.54, 1.807) is 29.1 Å². The number of carbonyl (C=O) groups excluding carboxylic acids is 2. The Morgan fingerprint density at radius 1 is 1.08 bits per heavy atom. The van der Waals surface area contributed by atoms with Gasteiger partial charge in [0.1, 0.15) is 0 Å². The lowest BCUT2D eigenvalue weighted by Crippen LogP contribution is -2.14. The van der Waals surface area contributed by atoms with Crippen LogP contribution in [0.5, 0.6) is 0 Å². The van der Waals surface area contributed by atoms with E-state index in [9.17, 15) is 9.59 Å². The summed E-state index contributed by atoms with van der Waals surface area (Å²) in [6.45, 7) is 0.213. The largest absolute Gasteiger partial charge is 0.454 e. The molecule has 0 radical (unpaired) electrons. The molecule has 0 aliphatic carbocycles. The van der Waals surface area contributed by atoms with E-state index in [0.717, 1.165) is 5.56 Å². The minimum Gasteiger partial charge on any atom is -0.454 e. The number of Topliss-reactive ketones (excluding diaryl/α,β-unsaturated/α-hetero) is 1. The first kappa shape index (κ1) is 18.2. The van der Waals surface area contributed by atoms with Crippen LogP contribution < -0.4 is 0 Å². The van der Waals surface area contributed by atoms with E-state index in [-0.39, 0.29) is 10.6 Å². The van der Waals surface area contributed by atoms with Crippen LogP contribution in [0.3, 0.4) is 0 Å². The molecule has 132 valence electrons. The van der Waals surface area contributed by atoms with E-state index in [4.69, 9.17) is 27.9 Å². The summed E-state index contributed by atoms with van der Waals surface area (Å²) in [5.41, 5.74) is 1.62. The summed E-state index contributed by atoms with van der Waals surface area (Å²) < 4.78 is 6.86. The monoisotopic (exact) mass is 388 g/mol. The Morgan fingerprint density at radius 2 is 1.85 bits per heavy atom. The molecule has 3 rings (SSSR count). The molecule has 0 aliphatic heterocycles. The summed E-state index contributed by atoms with van der Waals surface area (Å²) in [4.78, 5) is 24.2. The average molecular weight is 389 g/mol. The third-order valence-electron chi connectivity index (χ3n) is 3.66. The lowest BCUT2D eigenvalue weighted by atomic mass is 10.1. The van der Waals surface area contributed by atoms with E-state index < -0.39 is 18.4 Å². The molecule has 0 atom stereocenters. The molecule has 0 bridgehead atoms. The van der Waals surface area contributed by atoms with Gasteiger partial charge in [0.25, 0.3) is 0 Å². The van der Waals surface area contributed by atoms with Crippen LogP contribution in [0.4, 0.5) is 0 Å². The third-order valence-corrected chi connectivity index (χ3v) is 4.21. The van der Waals surface area contributed by atoms with Gasteiger partial charge in [-0.05, 0) is 42.0 Å². The normalized spacial score (nSPS) is 10.5. The molecule has 0 spiro atoms. The van der Waals surface area contributed by atoms with E-state index in [0.29, 0.717) is 17.1 Å². The Bertz CT molecular complexity index is 922. The number of esters is 1. The number of hydrogen-bond donors (Lipinski definition) is 0. The van der Waals surface area contributed by atoms with Gasteiger partial charge in [0, 0.05) is 23.0 Å². The van der Waals surface area contributed by atoms with Crippen molar-refractivity contribution < 1.29 is 14.3 Å². The Hall–Kier alpha value is -2.63. The number of halogens is 2. The van der Waals surface area contributed by atoms with Crippen LogP contribution in [0, 0.1) is 0 Å². The van der Waals surface area contributed by atoms with Crippen molar-refractivity contribution in [2.45, 2.75) is 6.54 Å². The van der Waals surface area contributed by atoms with Gasteiger partial charge in [-0.3, -0.25) is 9.48 Å². The zero-order chi connectivity index (χ0) is 18.5. The zero-order valence-corrected chi connectivity index (χ0v) is 15.1. The summed E-state index contributed by atoms with van der Waals surface area (Å²) in [6.07, 6.45) is 3.56. The third kappa shape index (κ3) is 4.50. The SMILES string of the molecule is O=C(OCC(=O)c1ccc(Cl)cc1Cl)c1ccc(Cn2cccn2)cc1. The Balaban J connectivity index is 1.58. The summed E-state index contributed by atoms with van der Waals surface area (Å²) in [6, 6.07) is 13.3. The van der Waals surface area contributed by atoms with Gasteiger partial charge in [-0.1, -0.05) is 35.3 Å². The molecule has 0 aliphatic rings. The maximum atomic E-state index is 12.1. The van der Waals surface area contributed by atoms with Crippen LogP contribution in [0.1, 0.15) is 26.3 Å². The fourth-order valence-corrected chi connectivity index (χ4v) is 2.85. The minimum absolute atomic E-state index is 0.224. The minimum atomic E-state index is -0.575. The van der Waals surface area contributed by atoms with Crippen molar-refractivity contribution in [1.82, 2.24) is 9.78 Å². The quantitative estimate of drug-likeness (QED) is 0.467. The van der Waals surface area contributed by atoms with Gasteiger partial charge in [0.2, 0.25) is 5.78 Å². The van der Waals surface area contributed by atoms with Crippen molar-refractivity contribution in [3.8, 4) is 0 Å². The highest BCUT2D eigenvalue weighted by molar-refractivity contribution is 6.36. The van der Waals surface area contributed by atoms with E-state index in [1.807, 2.05) is 24.4 Å². The number of carbonyl (C=O) groups is 2. The first-order chi connectivity index (χ1) is 12.5. The predicted molar refractivity (Wildman–Crippen MR) is 98.8 cm³/mol. The molecule has 2 aromatic carbocycles. The average Bonchev–Trinajstić information content (AvgIpc) is 3.13. The molecular weight excluding hydrogens is 375 g/mol. The van der Waals surface area contributed by atoms with E-state index in [1.165, 1.54) is 12.1 Å². The predicted octanol–water partition coefficient (Wildman–Crippen LogP) is 4.28. The number of aromatic nitrogens is 2. The van der Waals surface area contributed by atoms with E-state index in [2.05, 4.69) is 5.10 Å². The molecule has 1 heterocycles. The Labute approximate surface area is 160 Å². The fourth-order valence-electron chi connectivity index (χ4n) is 2.34. The van der Waals surface area contributed by atoms with Crippen LogP contribution in [0.15, 0.2) is 60.9 Å². The molecule has 0 amide bonds. The van der Waals surface area contributed by atoms with Crippen molar-refractivity contribution in [2.24, 2.45) is 0 Å². The smallest absolute Gasteiger partial charge is 0.338 e. The molecule has 0 saturated carbocycles. The van der Waals surface area contributed by atoms with E-state index >= 15 is 0 Å². The molecule has 0 unspecified atom stereocenters. The second kappa shape index (κ2) is 8.17. The first-order valence-electron chi connectivity index (χ1n) is 7.74. The lowest BCUT2D eigenvalue weighted by molar-refractivity contribution is 0.0475. The summed E-state index contributed by atoms with van der Waals surface area (Å²) in [5.74, 6) is -0.968. The standard InChI is InChI=1S/C19H14Cl2N2O3/c20-15-6-7-16(17(21)10-15)18(24)12-26-19(25)14-4-2-13(3-5-14)11-23-9-1-8-22-23/h1-10H,11-12H2. The van der Waals surface area contributed by atoms with Crippen molar-refractivity contribution >= 4 is 35.0 Å². The van der Waals surface area contributed by atoms with Gasteiger partial charge in [0.15, 0.2) is 6.61 Å². The number of hydrogen-bond acceptors (Lipinski definition) is 4. The molecule has 26 heavy (non-hydrogen) atoms. The van der Waals surface area contributed by atoms with Gasteiger partial charge >= 0.3 is 5.97 Å². The summed E-state index contributed by atoms with van der Waals surface area (Å²) >= 11 is 11.8. The summed E-state index contributed by atoms with van der Waals surface area (Å²) in [5, 5.41) is 4.78. The number of nitrogens with zero attached hydrogens (tertiary/aromatic N) is 2. The topological polar surface area (TPSA) is 61.2 Å². The molecule has 0 N–H and O–H groups in total. The second-order valence-electron chi connectivity index (χ2n) is 5.52. The molecule has 5 nitrogen and oxygen atoms in total. The van der Waals surface area contributed by atoms with Crippen molar-refractivity contribution in [1.29, 1.82) is 0 Å². The molecule has 0 fully saturated rings. The fraction of sp³-hybridized carbons (Fsp3) is 0.105. The van der Waals surface area contributed by atoms with Crippen LogP contribution in [0.2, 0.25) is 10.0 Å². The Kier molecular flexibility index (Phi) is 5.71. The highest BCUT2D eigenvalue weighted by atomic mass is 35.5. The van der Waals surface area contributed by atoms with Crippen LogP contribution in [-0.4, -0.2) is 28.1 Å². The molecule has 1 aromatic heterocycles. The first-order valence-corrected chi connectivity index (χ1v) is 8.50. The number of ether oxygens (including phenoxy) is 1.